The number of ether oxygens (including phenoxy) is 1. The fraction of sp³-hybridized carbons (Fsp3) is 0.278. The van der Waals surface area contributed by atoms with Crippen molar-refractivity contribution in [1.82, 2.24) is 4.31 Å². The number of anilines is 1. The normalized spacial score (nSPS) is 12.1. The number of sulfonamides is 1. The highest BCUT2D eigenvalue weighted by Gasteiger charge is 2.34. The van der Waals surface area contributed by atoms with Crippen molar-refractivity contribution < 1.29 is 31.1 Å². The summed E-state index contributed by atoms with van der Waals surface area (Å²) in [5, 5.41) is 1.97. The van der Waals surface area contributed by atoms with Crippen LogP contribution in [0.3, 0.4) is 0 Å². The van der Waals surface area contributed by atoms with E-state index in [1.165, 1.54) is 18.2 Å². The Labute approximate surface area is 181 Å². The molecule has 0 atom stereocenters. The third kappa shape index (κ3) is 5.78. The maximum atomic E-state index is 13.1. The highest BCUT2D eigenvalue weighted by molar-refractivity contribution is 7.89. The van der Waals surface area contributed by atoms with Gasteiger partial charge in [0.05, 0.1) is 34.3 Å². The summed E-state index contributed by atoms with van der Waals surface area (Å²) in [4.78, 5) is 12.0. The first-order chi connectivity index (χ1) is 13.9. The van der Waals surface area contributed by atoms with E-state index in [2.05, 4.69) is 5.32 Å². The largest absolute Gasteiger partial charge is 0.492 e. The molecule has 12 heteroatoms. The number of amides is 1. The fourth-order valence-electron chi connectivity index (χ4n) is 2.43. The van der Waals surface area contributed by atoms with Gasteiger partial charge in [0.1, 0.15) is 5.75 Å². The number of halogens is 5. The van der Waals surface area contributed by atoms with Crippen molar-refractivity contribution in [2.45, 2.75) is 18.0 Å². The van der Waals surface area contributed by atoms with Gasteiger partial charge in [-0.1, -0.05) is 23.2 Å². The molecule has 2 rings (SSSR count). The highest BCUT2D eigenvalue weighted by atomic mass is 35.5. The molecule has 0 radical (unpaired) electrons. The summed E-state index contributed by atoms with van der Waals surface area (Å²) < 4.78 is 70.7. The number of nitrogens with zero attached hydrogens (tertiary/aromatic N) is 1. The number of hydrogen-bond acceptors (Lipinski definition) is 4. The van der Waals surface area contributed by atoms with Gasteiger partial charge < -0.3 is 10.1 Å². The average molecular weight is 485 g/mol. The van der Waals surface area contributed by atoms with Gasteiger partial charge >= 0.3 is 6.18 Å². The molecule has 0 heterocycles. The van der Waals surface area contributed by atoms with Gasteiger partial charge in [-0.25, -0.2) is 8.42 Å². The van der Waals surface area contributed by atoms with E-state index in [1.807, 2.05) is 0 Å². The molecule has 0 aliphatic heterocycles. The molecular weight excluding hydrogens is 468 g/mol. The van der Waals surface area contributed by atoms with Crippen molar-refractivity contribution in [1.29, 1.82) is 0 Å². The van der Waals surface area contributed by atoms with Crippen LogP contribution < -0.4 is 10.1 Å². The van der Waals surface area contributed by atoms with Crippen LogP contribution in [0.1, 0.15) is 12.5 Å². The van der Waals surface area contributed by atoms with E-state index in [1.54, 1.807) is 6.92 Å². The lowest BCUT2D eigenvalue weighted by Gasteiger charge is -2.19. The molecule has 6 nitrogen and oxygen atoms in total. The zero-order valence-electron chi connectivity index (χ0n) is 15.8. The molecular formula is C18H17Cl2F3N2O4S. The van der Waals surface area contributed by atoms with Gasteiger partial charge in [-0.05, 0) is 43.3 Å². The van der Waals surface area contributed by atoms with Gasteiger partial charge in [0.25, 0.3) is 0 Å². The Bertz CT molecular complexity index is 1050. The van der Waals surface area contributed by atoms with Crippen molar-refractivity contribution in [3.05, 3.63) is 52.0 Å². The van der Waals surface area contributed by atoms with Crippen LogP contribution in [0.25, 0.3) is 0 Å². The number of likely N-dealkylation sites (N-methyl/N-ethyl adjacent to an activating group) is 1. The number of benzene rings is 2. The third-order valence-electron chi connectivity index (χ3n) is 3.84. The van der Waals surface area contributed by atoms with Gasteiger partial charge in [-0.15, -0.1) is 0 Å². The molecule has 1 N–H and O–H groups in total. The van der Waals surface area contributed by atoms with Crippen LogP contribution in [0.2, 0.25) is 10.0 Å². The molecule has 0 aliphatic rings. The Morgan fingerprint density at radius 1 is 1.17 bits per heavy atom. The average Bonchev–Trinajstić information content (AvgIpc) is 2.64. The standard InChI is InChI=1S/C18H17Cl2F3N2O4S/c1-3-29-16-7-5-12(9-14(16)20)30(27,28)25(2)10-17(26)24-15-6-4-11(19)8-13(15)18(21,22)23/h4-9H,3,10H2,1-2H3,(H,24,26). The van der Waals surface area contributed by atoms with E-state index < -0.39 is 39.9 Å². The second kappa shape index (κ2) is 9.42. The number of nitrogens with one attached hydrogen (secondary N) is 1. The van der Waals surface area contributed by atoms with E-state index in [0.717, 1.165) is 19.2 Å². The first kappa shape index (κ1) is 24.3. The zero-order chi connectivity index (χ0) is 22.7. The van der Waals surface area contributed by atoms with Crippen LogP contribution >= 0.6 is 23.2 Å². The summed E-state index contributed by atoms with van der Waals surface area (Å²) in [6, 6.07) is 6.62. The van der Waals surface area contributed by atoms with Crippen LogP contribution in [0.15, 0.2) is 41.3 Å². The lowest BCUT2D eigenvalue weighted by Crippen LogP contribution is -2.35. The van der Waals surface area contributed by atoms with Crippen LogP contribution in [-0.4, -0.2) is 38.8 Å². The molecule has 0 aromatic heterocycles. The fourth-order valence-corrected chi connectivity index (χ4v) is 4.06. The summed E-state index contributed by atoms with van der Waals surface area (Å²) in [7, 11) is -3.02. The number of carbonyl (C=O) groups is 1. The molecule has 0 bridgehead atoms. The van der Waals surface area contributed by atoms with E-state index in [0.29, 0.717) is 22.7 Å². The predicted molar refractivity (Wildman–Crippen MR) is 108 cm³/mol. The molecule has 2 aromatic carbocycles. The number of carbonyl (C=O) groups excluding carboxylic acids is 1. The Kier molecular flexibility index (Phi) is 7.62. The minimum absolute atomic E-state index is 0.0618. The predicted octanol–water partition coefficient (Wildman–Crippen LogP) is 4.67. The Balaban J connectivity index is 2.19. The zero-order valence-corrected chi connectivity index (χ0v) is 18.1. The van der Waals surface area contributed by atoms with Crippen LogP contribution in [0.5, 0.6) is 5.75 Å². The molecule has 0 aliphatic carbocycles. The van der Waals surface area contributed by atoms with Crippen LogP contribution in [-0.2, 0) is 21.0 Å². The molecule has 0 fully saturated rings. The van der Waals surface area contributed by atoms with Crippen molar-refractivity contribution in [3.8, 4) is 5.75 Å². The van der Waals surface area contributed by atoms with Crippen molar-refractivity contribution in [2.75, 3.05) is 25.5 Å². The van der Waals surface area contributed by atoms with Gasteiger partial charge in [0.2, 0.25) is 15.9 Å². The van der Waals surface area contributed by atoms with E-state index >= 15 is 0 Å². The number of hydrogen-bond donors (Lipinski definition) is 1. The minimum Gasteiger partial charge on any atom is -0.492 e. The maximum absolute atomic E-state index is 13.1. The van der Waals surface area contributed by atoms with E-state index in [4.69, 9.17) is 27.9 Å². The van der Waals surface area contributed by atoms with Gasteiger partial charge in [-0.2, -0.15) is 17.5 Å². The first-order valence-corrected chi connectivity index (χ1v) is 10.6. The quantitative estimate of drug-likeness (QED) is 0.619. The topological polar surface area (TPSA) is 75.7 Å². The van der Waals surface area contributed by atoms with Crippen molar-refractivity contribution >= 4 is 44.8 Å². The third-order valence-corrected chi connectivity index (χ3v) is 6.17. The van der Waals surface area contributed by atoms with Gasteiger partial charge in [0, 0.05) is 12.1 Å². The Hall–Kier alpha value is -2.01. The van der Waals surface area contributed by atoms with Crippen molar-refractivity contribution in [2.24, 2.45) is 0 Å². The summed E-state index contributed by atoms with van der Waals surface area (Å²) >= 11 is 11.6. The summed E-state index contributed by atoms with van der Waals surface area (Å²) in [5.74, 6) is -0.674. The van der Waals surface area contributed by atoms with Gasteiger partial charge in [-0.3, -0.25) is 4.79 Å². The molecule has 0 saturated carbocycles. The summed E-state index contributed by atoms with van der Waals surface area (Å²) in [5.41, 5.74) is -1.68. The Morgan fingerprint density at radius 2 is 1.83 bits per heavy atom. The van der Waals surface area contributed by atoms with E-state index in [9.17, 15) is 26.4 Å². The molecule has 1 amide bonds. The lowest BCUT2D eigenvalue weighted by molar-refractivity contribution is -0.137. The smallest absolute Gasteiger partial charge is 0.418 e. The van der Waals surface area contributed by atoms with Crippen LogP contribution in [0, 0.1) is 0 Å². The van der Waals surface area contributed by atoms with E-state index in [-0.39, 0.29) is 14.9 Å². The monoisotopic (exact) mass is 484 g/mol. The SMILES string of the molecule is CCOc1ccc(S(=O)(=O)N(C)CC(=O)Nc2ccc(Cl)cc2C(F)(F)F)cc1Cl. The minimum atomic E-state index is -4.76. The maximum Gasteiger partial charge on any atom is 0.418 e. The molecule has 0 saturated heterocycles. The molecule has 0 unspecified atom stereocenters. The Morgan fingerprint density at radius 3 is 2.40 bits per heavy atom. The molecule has 30 heavy (non-hydrogen) atoms. The summed E-state index contributed by atoms with van der Waals surface area (Å²) in [6.45, 7) is 1.34. The lowest BCUT2D eigenvalue weighted by atomic mass is 10.1. The molecule has 2 aromatic rings. The van der Waals surface area contributed by atoms with Crippen LogP contribution in [0.4, 0.5) is 18.9 Å². The number of alkyl halides is 3. The number of rotatable bonds is 7. The second-order valence-corrected chi connectivity index (χ2v) is 8.91. The molecule has 164 valence electrons. The highest BCUT2D eigenvalue weighted by Crippen LogP contribution is 2.36. The summed E-state index contributed by atoms with van der Waals surface area (Å²) in [6.07, 6.45) is -4.76. The van der Waals surface area contributed by atoms with Crippen molar-refractivity contribution in [3.63, 3.8) is 0 Å². The molecule has 0 spiro atoms. The van der Waals surface area contributed by atoms with Gasteiger partial charge in [0.15, 0.2) is 0 Å². The first-order valence-electron chi connectivity index (χ1n) is 8.41. The second-order valence-electron chi connectivity index (χ2n) is 6.02.